The molecule has 0 unspecified atom stereocenters. The van der Waals surface area contributed by atoms with Gasteiger partial charge in [-0.25, -0.2) is 4.79 Å². The number of amides is 1. The SMILES string of the molecule is Cc1cc(C(=O)O)c(NC(=O)c2cc(Cl)ccc2C)s1. The Morgan fingerprint density at radius 3 is 2.55 bits per heavy atom. The van der Waals surface area contributed by atoms with Crippen molar-refractivity contribution >= 4 is 39.8 Å². The van der Waals surface area contributed by atoms with Crippen LogP contribution in [0.5, 0.6) is 0 Å². The van der Waals surface area contributed by atoms with Crippen LogP contribution < -0.4 is 5.32 Å². The van der Waals surface area contributed by atoms with Crippen molar-refractivity contribution in [3.8, 4) is 0 Å². The Balaban J connectivity index is 2.32. The number of aryl methyl sites for hydroxylation is 2. The van der Waals surface area contributed by atoms with Gasteiger partial charge in [-0.05, 0) is 37.6 Å². The molecule has 0 saturated carbocycles. The zero-order valence-electron chi connectivity index (χ0n) is 10.9. The van der Waals surface area contributed by atoms with Crippen LogP contribution in [0, 0.1) is 13.8 Å². The summed E-state index contributed by atoms with van der Waals surface area (Å²) < 4.78 is 0. The van der Waals surface area contributed by atoms with Crippen molar-refractivity contribution in [1.29, 1.82) is 0 Å². The van der Waals surface area contributed by atoms with E-state index in [4.69, 9.17) is 16.7 Å². The van der Waals surface area contributed by atoms with Crippen molar-refractivity contribution in [2.45, 2.75) is 13.8 Å². The van der Waals surface area contributed by atoms with Gasteiger partial charge < -0.3 is 10.4 Å². The second-order valence-corrected chi connectivity index (χ2v) is 6.01. The number of carbonyl (C=O) groups is 2. The number of carboxylic acid groups (broad SMARTS) is 1. The number of thiophene rings is 1. The standard InChI is InChI=1S/C14H12ClNO3S/c1-7-3-4-9(15)6-10(7)12(17)16-13-11(14(18)19)5-8(2)20-13/h3-6H,1-2H3,(H,16,17)(H,18,19). The predicted octanol–water partition coefficient (Wildman–Crippen LogP) is 3.97. The summed E-state index contributed by atoms with van der Waals surface area (Å²) in [5.74, 6) is -1.43. The molecule has 20 heavy (non-hydrogen) atoms. The molecule has 0 spiro atoms. The Morgan fingerprint density at radius 2 is 1.90 bits per heavy atom. The van der Waals surface area contributed by atoms with Crippen molar-refractivity contribution in [2.75, 3.05) is 5.32 Å². The highest BCUT2D eigenvalue weighted by molar-refractivity contribution is 7.16. The molecule has 2 aromatic rings. The molecule has 1 heterocycles. The maximum atomic E-state index is 12.2. The summed E-state index contributed by atoms with van der Waals surface area (Å²) in [5.41, 5.74) is 1.30. The van der Waals surface area contributed by atoms with Crippen molar-refractivity contribution in [3.05, 3.63) is 50.9 Å². The van der Waals surface area contributed by atoms with E-state index >= 15 is 0 Å². The molecule has 6 heteroatoms. The van der Waals surface area contributed by atoms with Crippen LogP contribution in [-0.2, 0) is 0 Å². The van der Waals surface area contributed by atoms with Crippen LogP contribution in [0.3, 0.4) is 0 Å². The van der Waals surface area contributed by atoms with Crippen LogP contribution in [0.25, 0.3) is 0 Å². The Bertz CT molecular complexity index is 694. The minimum atomic E-state index is -1.06. The quantitative estimate of drug-likeness (QED) is 0.901. The smallest absolute Gasteiger partial charge is 0.338 e. The lowest BCUT2D eigenvalue weighted by molar-refractivity contribution is 0.0698. The number of hydrogen-bond acceptors (Lipinski definition) is 3. The number of benzene rings is 1. The van der Waals surface area contributed by atoms with Crippen LogP contribution in [0.1, 0.15) is 31.2 Å². The summed E-state index contributed by atoms with van der Waals surface area (Å²) in [6, 6.07) is 6.54. The largest absolute Gasteiger partial charge is 0.478 e. The molecule has 0 fully saturated rings. The second-order valence-electron chi connectivity index (χ2n) is 4.32. The fraction of sp³-hybridized carbons (Fsp3) is 0.143. The molecule has 2 N–H and O–H groups in total. The maximum absolute atomic E-state index is 12.2. The fourth-order valence-electron chi connectivity index (χ4n) is 1.78. The van der Waals surface area contributed by atoms with Gasteiger partial charge in [-0.15, -0.1) is 11.3 Å². The van der Waals surface area contributed by atoms with E-state index in [1.54, 1.807) is 32.0 Å². The minimum absolute atomic E-state index is 0.0977. The van der Waals surface area contributed by atoms with E-state index < -0.39 is 5.97 Å². The number of carbonyl (C=O) groups excluding carboxylic acids is 1. The molecule has 2 rings (SSSR count). The van der Waals surface area contributed by atoms with Crippen LogP contribution in [0.4, 0.5) is 5.00 Å². The first kappa shape index (κ1) is 14.6. The van der Waals surface area contributed by atoms with E-state index in [1.807, 2.05) is 0 Å². The van der Waals surface area contributed by atoms with Crippen molar-refractivity contribution < 1.29 is 14.7 Å². The molecular formula is C14H12ClNO3S. The van der Waals surface area contributed by atoms with E-state index in [0.717, 1.165) is 10.4 Å². The Kier molecular flexibility index (Phi) is 4.11. The van der Waals surface area contributed by atoms with E-state index in [2.05, 4.69) is 5.32 Å². The predicted molar refractivity (Wildman–Crippen MR) is 80.2 cm³/mol. The summed E-state index contributed by atoms with van der Waals surface area (Å²) in [4.78, 5) is 24.1. The molecule has 0 aliphatic rings. The third-order valence-corrected chi connectivity index (χ3v) is 3.96. The van der Waals surface area contributed by atoms with E-state index in [9.17, 15) is 9.59 Å². The lowest BCUT2D eigenvalue weighted by Gasteiger charge is -2.07. The molecule has 0 bridgehead atoms. The first-order valence-electron chi connectivity index (χ1n) is 5.79. The van der Waals surface area contributed by atoms with Crippen molar-refractivity contribution in [2.24, 2.45) is 0 Å². The lowest BCUT2D eigenvalue weighted by atomic mass is 10.1. The normalized spacial score (nSPS) is 10.3. The topological polar surface area (TPSA) is 66.4 Å². The highest BCUT2D eigenvalue weighted by Gasteiger charge is 2.17. The van der Waals surface area contributed by atoms with Crippen LogP contribution >= 0.6 is 22.9 Å². The van der Waals surface area contributed by atoms with Gasteiger partial charge in [0.15, 0.2) is 0 Å². The third kappa shape index (κ3) is 3.00. The summed E-state index contributed by atoms with van der Waals surface area (Å²) in [7, 11) is 0. The zero-order chi connectivity index (χ0) is 14.9. The Morgan fingerprint density at radius 1 is 1.20 bits per heavy atom. The molecular weight excluding hydrogens is 298 g/mol. The van der Waals surface area contributed by atoms with Crippen molar-refractivity contribution in [1.82, 2.24) is 0 Å². The molecule has 0 aliphatic heterocycles. The molecule has 0 radical (unpaired) electrons. The first-order chi connectivity index (χ1) is 9.38. The number of rotatable bonds is 3. The molecule has 0 aliphatic carbocycles. The number of nitrogens with one attached hydrogen (secondary N) is 1. The van der Waals surface area contributed by atoms with Gasteiger partial charge in [-0.3, -0.25) is 4.79 Å². The third-order valence-electron chi connectivity index (χ3n) is 2.76. The van der Waals surface area contributed by atoms with Gasteiger partial charge in [0.1, 0.15) is 5.00 Å². The zero-order valence-corrected chi connectivity index (χ0v) is 12.4. The number of anilines is 1. The van der Waals surface area contributed by atoms with E-state index in [-0.39, 0.29) is 11.5 Å². The van der Waals surface area contributed by atoms with Gasteiger partial charge in [0.25, 0.3) is 5.91 Å². The summed E-state index contributed by atoms with van der Waals surface area (Å²) in [5, 5.41) is 12.5. The summed E-state index contributed by atoms with van der Waals surface area (Å²) in [6.45, 7) is 3.58. The van der Waals surface area contributed by atoms with Gasteiger partial charge in [-0.1, -0.05) is 17.7 Å². The first-order valence-corrected chi connectivity index (χ1v) is 6.99. The highest BCUT2D eigenvalue weighted by Crippen LogP contribution is 2.28. The van der Waals surface area contributed by atoms with Crippen molar-refractivity contribution in [3.63, 3.8) is 0 Å². The number of aromatic carboxylic acids is 1. The Labute approximate surface area is 125 Å². The molecule has 0 atom stereocenters. The molecule has 1 aromatic carbocycles. The number of halogens is 1. The van der Waals surface area contributed by atoms with E-state index in [0.29, 0.717) is 15.6 Å². The minimum Gasteiger partial charge on any atom is -0.478 e. The van der Waals surface area contributed by atoms with Crippen LogP contribution in [0.15, 0.2) is 24.3 Å². The molecule has 4 nitrogen and oxygen atoms in total. The molecule has 1 aromatic heterocycles. The summed E-state index contributed by atoms with van der Waals surface area (Å²) in [6.07, 6.45) is 0. The lowest BCUT2D eigenvalue weighted by Crippen LogP contribution is -2.14. The monoisotopic (exact) mass is 309 g/mol. The second kappa shape index (κ2) is 5.64. The molecule has 1 amide bonds. The average Bonchev–Trinajstić information content (AvgIpc) is 2.73. The van der Waals surface area contributed by atoms with Gasteiger partial charge >= 0.3 is 5.97 Å². The van der Waals surface area contributed by atoms with Gasteiger partial charge in [0.2, 0.25) is 0 Å². The average molecular weight is 310 g/mol. The fourth-order valence-corrected chi connectivity index (χ4v) is 2.85. The van der Waals surface area contributed by atoms with Crippen LogP contribution in [0.2, 0.25) is 5.02 Å². The molecule has 104 valence electrons. The number of hydrogen-bond donors (Lipinski definition) is 2. The van der Waals surface area contributed by atoms with Gasteiger partial charge in [0.05, 0.1) is 5.56 Å². The van der Waals surface area contributed by atoms with E-state index in [1.165, 1.54) is 17.4 Å². The van der Waals surface area contributed by atoms with Gasteiger partial charge in [-0.2, -0.15) is 0 Å². The van der Waals surface area contributed by atoms with Crippen LogP contribution in [-0.4, -0.2) is 17.0 Å². The van der Waals surface area contributed by atoms with Gasteiger partial charge in [0, 0.05) is 15.5 Å². The highest BCUT2D eigenvalue weighted by atomic mass is 35.5. The molecule has 0 saturated heterocycles. The number of carboxylic acids is 1. The summed E-state index contributed by atoms with van der Waals surface area (Å²) >= 11 is 7.11. The Hall–Kier alpha value is -1.85. The maximum Gasteiger partial charge on any atom is 0.338 e.